The molecule has 4 heteroatoms. The second kappa shape index (κ2) is 6.34. The van der Waals surface area contributed by atoms with Crippen LogP contribution in [-0.2, 0) is 11.3 Å². The summed E-state index contributed by atoms with van der Waals surface area (Å²) in [6.45, 7) is 9.39. The molecular weight excluding hydrogens is 226 g/mol. The molecule has 0 spiro atoms. The zero-order valence-corrected chi connectivity index (χ0v) is 11.9. The molecule has 4 nitrogen and oxygen atoms in total. The predicted molar refractivity (Wildman–Crippen MR) is 72.7 cm³/mol. The molecule has 0 bridgehead atoms. The standard InChI is InChI=1S/C14H25N3O/c1-12-9-13(2)17(15-12)7-4-6-16(3)10-14-5-8-18-11-14/h9,14H,4-8,10-11H2,1-3H3/t14-/m0/s1. The molecule has 0 amide bonds. The van der Waals surface area contributed by atoms with Crippen molar-refractivity contribution in [2.45, 2.75) is 33.2 Å². The first-order valence-electron chi connectivity index (χ1n) is 6.92. The third-order valence-electron chi connectivity index (χ3n) is 3.61. The Morgan fingerprint density at radius 3 is 2.94 bits per heavy atom. The summed E-state index contributed by atoms with van der Waals surface area (Å²) < 4.78 is 7.52. The monoisotopic (exact) mass is 251 g/mol. The lowest BCUT2D eigenvalue weighted by Gasteiger charge is -2.19. The highest BCUT2D eigenvalue weighted by molar-refractivity contribution is 5.06. The van der Waals surface area contributed by atoms with Crippen LogP contribution in [-0.4, -0.2) is 48.0 Å². The predicted octanol–water partition coefficient (Wildman–Crippen LogP) is 1.86. The van der Waals surface area contributed by atoms with Gasteiger partial charge >= 0.3 is 0 Å². The van der Waals surface area contributed by atoms with Gasteiger partial charge in [-0.3, -0.25) is 4.68 Å². The number of hydrogen-bond donors (Lipinski definition) is 0. The molecule has 1 aromatic rings. The SMILES string of the molecule is Cc1cc(C)n(CCCN(C)C[C@@H]2CCOC2)n1. The van der Waals surface area contributed by atoms with Gasteiger partial charge in [0, 0.05) is 25.4 Å². The smallest absolute Gasteiger partial charge is 0.0596 e. The van der Waals surface area contributed by atoms with Crippen molar-refractivity contribution in [3.05, 3.63) is 17.5 Å². The van der Waals surface area contributed by atoms with Crippen LogP contribution >= 0.6 is 0 Å². The Morgan fingerprint density at radius 2 is 2.33 bits per heavy atom. The van der Waals surface area contributed by atoms with Crippen LogP contribution in [0.2, 0.25) is 0 Å². The molecule has 102 valence electrons. The van der Waals surface area contributed by atoms with Crippen molar-refractivity contribution in [1.82, 2.24) is 14.7 Å². The lowest BCUT2D eigenvalue weighted by Crippen LogP contribution is -2.27. The van der Waals surface area contributed by atoms with Crippen LogP contribution in [0, 0.1) is 19.8 Å². The van der Waals surface area contributed by atoms with E-state index < -0.39 is 0 Å². The van der Waals surface area contributed by atoms with Crippen LogP contribution in [0.5, 0.6) is 0 Å². The fourth-order valence-corrected chi connectivity index (χ4v) is 2.65. The van der Waals surface area contributed by atoms with Gasteiger partial charge in [-0.1, -0.05) is 0 Å². The van der Waals surface area contributed by atoms with E-state index in [0.717, 1.165) is 50.9 Å². The summed E-state index contributed by atoms with van der Waals surface area (Å²) in [5, 5.41) is 4.49. The number of aryl methyl sites for hydroxylation is 3. The van der Waals surface area contributed by atoms with E-state index in [-0.39, 0.29) is 0 Å². The van der Waals surface area contributed by atoms with Gasteiger partial charge in [-0.15, -0.1) is 0 Å². The molecule has 0 unspecified atom stereocenters. The van der Waals surface area contributed by atoms with E-state index in [9.17, 15) is 0 Å². The minimum Gasteiger partial charge on any atom is -0.381 e. The van der Waals surface area contributed by atoms with Crippen molar-refractivity contribution in [2.24, 2.45) is 5.92 Å². The topological polar surface area (TPSA) is 30.3 Å². The summed E-state index contributed by atoms with van der Waals surface area (Å²) in [6.07, 6.45) is 2.38. The van der Waals surface area contributed by atoms with Crippen molar-refractivity contribution in [3.63, 3.8) is 0 Å². The Kier molecular flexibility index (Phi) is 4.78. The highest BCUT2D eigenvalue weighted by Crippen LogP contribution is 2.13. The molecule has 1 aliphatic heterocycles. The van der Waals surface area contributed by atoms with Crippen molar-refractivity contribution < 1.29 is 4.74 Å². The van der Waals surface area contributed by atoms with Crippen LogP contribution in [0.1, 0.15) is 24.2 Å². The summed E-state index contributed by atoms with van der Waals surface area (Å²) in [5.41, 5.74) is 2.38. The van der Waals surface area contributed by atoms with Crippen LogP contribution in [0.25, 0.3) is 0 Å². The van der Waals surface area contributed by atoms with Crippen LogP contribution in [0.3, 0.4) is 0 Å². The molecule has 18 heavy (non-hydrogen) atoms. The first kappa shape index (κ1) is 13.6. The zero-order valence-electron chi connectivity index (χ0n) is 11.9. The Bertz CT molecular complexity index is 369. The van der Waals surface area contributed by atoms with Gasteiger partial charge in [0.1, 0.15) is 0 Å². The second-order valence-electron chi connectivity index (χ2n) is 5.50. The van der Waals surface area contributed by atoms with E-state index in [2.05, 4.69) is 41.6 Å². The lowest BCUT2D eigenvalue weighted by molar-refractivity contribution is 0.173. The highest BCUT2D eigenvalue weighted by atomic mass is 16.5. The Morgan fingerprint density at radius 1 is 1.50 bits per heavy atom. The minimum atomic E-state index is 0.740. The molecular formula is C14H25N3O. The van der Waals surface area contributed by atoms with Gasteiger partial charge in [-0.2, -0.15) is 5.10 Å². The first-order valence-corrected chi connectivity index (χ1v) is 6.92. The normalized spacial score (nSPS) is 19.9. The van der Waals surface area contributed by atoms with Crippen LogP contribution in [0.4, 0.5) is 0 Å². The van der Waals surface area contributed by atoms with E-state index in [1.165, 1.54) is 12.1 Å². The maximum absolute atomic E-state index is 5.41. The Hall–Kier alpha value is -0.870. The number of nitrogens with zero attached hydrogens (tertiary/aromatic N) is 3. The maximum atomic E-state index is 5.41. The molecule has 2 heterocycles. The molecule has 0 radical (unpaired) electrons. The van der Waals surface area contributed by atoms with Crippen molar-refractivity contribution >= 4 is 0 Å². The van der Waals surface area contributed by atoms with E-state index >= 15 is 0 Å². The third kappa shape index (κ3) is 3.82. The van der Waals surface area contributed by atoms with Gasteiger partial charge in [-0.05, 0) is 52.3 Å². The first-order chi connectivity index (χ1) is 8.65. The maximum Gasteiger partial charge on any atom is 0.0596 e. The van der Waals surface area contributed by atoms with Gasteiger partial charge in [0.15, 0.2) is 0 Å². The summed E-state index contributed by atoms with van der Waals surface area (Å²) in [4.78, 5) is 2.42. The molecule has 2 rings (SSSR count). The molecule has 0 N–H and O–H groups in total. The number of aromatic nitrogens is 2. The van der Waals surface area contributed by atoms with Crippen molar-refractivity contribution in [1.29, 1.82) is 0 Å². The quantitative estimate of drug-likeness (QED) is 0.773. The van der Waals surface area contributed by atoms with Crippen molar-refractivity contribution in [2.75, 3.05) is 33.4 Å². The number of ether oxygens (including phenoxy) is 1. The van der Waals surface area contributed by atoms with Crippen molar-refractivity contribution in [3.8, 4) is 0 Å². The van der Waals surface area contributed by atoms with Crippen LogP contribution in [0.15, 0.2) is 6.07 Å². The average Bonchev–Trinajstić information content (AvgIpc) is 2.89. The molecule has 1 saturated heterocycles. The molecule has 0 aromatic carbocycles. The van der Waals surface area contributed by atoms with Gasteiger partial charge in [0.05, 0.1) is 12.3 Å². The zero-order chi connectivity index (χ0) is 13.0. The van der Waals surface area contributed by atoms with Gasteiger partial charge in [0.2, 0.25) is 0 Å². The summed E-state index contributed by atoms with van der Waals surface area (Å²) in [5.74, 6) is 0.740. The van der Waals surface area contributed by atoms with Crippen LogP contribution < -0.4 is 0 Å². The third-order valence-corrected chi connectivity index (χ3v) is 3.61. The fourth-order valence-electron chi connectivity index (χ4n) is 2.65. The minimum absolute atomic E-state index is 0.740. The summed E-state index contributed by atoms with van der Waals surface area (Å²) in [7, 11) is 2.21. The lowest BCUT2D eigenvalue weighted by atomic mass is 10.1. The van der Waals surface area contributed by atoms with Gasteiger partial charge < -0.3 is 9.64 Å². The van der Waals surface area contributed by atoms with Gasteiger partial charge in [-0.25, -0.2) is 0 Å². The second-order valence-corrected chi connectivity index (χ2v) is 5.50. The highest BCUT2D eigenvalue weighted by Gasteiger charge is 2.17. The van der Waals surface area contributed by atoms with Gasteiger partial charge in [0.25, 0.3) is 0 Å². The number of rotatable bonds is 6. The summed E-state index contributed by atoms with van der Waals surface area (Å²) >= 11 is 0. The molecule has 1 atom stereocenters. The number of hydrogen-bond acceptors (Lipinski definition) is 3. The Balaban J connectivity index is 1.66. The fraction of sp³-hybridized carbons (Fsp3) is 0.786. The molecule has 1 aliphatic rings. The largest absolute Gasteiger partial charge is 0.381 e. The molecule has 1 aromatic heterocycles. The Labute approximate surface area is 110 Å². The van der Waals surface area contributed by atoms with E-state index in [1.807, 2.05) is 0 Å². The molecule has 0 aliphatic carbocycles. The molecule has 0 saturated carbocycles. The average molecular weight is 251 g/mol. The molecule has 1 fully saturated rings. The van der Waals surface area contributed by atoms with E-state index in [1.54, 1.807) is 0 Å². The van der Waals surface area contributed by atoms with E-state index in [0.29, 0.717) is 0 Å². The van der Waals surface area contributed by atoms with E-state index in [4.69, 9.17) is 4.74 Å². The summed E-state index contributed by atoms with van der Waals surface area (Å²) in [6, 6.07) is 2.14.